The van der Waals surface area contributed by atoms with E-state index in [9.17, 15) is 18.0 Å². The van der Waals surface area contributed by atoms with Gasteiger partial charge in [0.15, 0.2) is 0 Å². The number of carbonyl (C=O) groups is 2. The van der Waals surface area contributed by atoms with Crippen molar-refractivity contribution in [2.45, 2.75) is 39.5 Å². The van der Waals surface area contributed by atoms with Crippen LogP contribution in [0.5, 0.6) is 0 Å². The minimum atomic E-state index is -3.42. The lowest BCUT2D eigenvalue weighted by Crippen LogP contribution is -2.44. The van der Waals surface area contributed by atoms with E-state index in [2.05, 4.69) is 10.0 Å². The molecule has 0 radical (unpaired) electrons. The SMILES string of the molecule is CCCS(=O)(=O)Nc1cccc(NC(=O)C2CCCN(C(=O)Cc3ccccc3)C2)c1C. The first kappa shape index (κ1) is 23.8. The number of likely N-dealkylation sites (tertiary alicyclic amines) is 1. The molecule has 2 aromatic rings. The third-order valence-electron chi connectivity index (χ3n) is 5.67. The molecule has 1 aliphatic rings. The minimum absolute atomic E-state index is 0.0252. The van der Waals surface area contributed by atoms with Crippen LogP contribution >= 0.6 is 0 Å². The van der Waals surface area contributed by atoms with Crippen LogP contribution in [0.4, 0.5) is 11.4 Å². The highest BCUT2D eigenvalue weighted by molar-refractivity contribution is 7.92. The van der Waals surface area contributed by atoms with Crippen molar-refractivity contribution in [1.82, 2.24) is 4.90 Å². The molecule has 8 heteroatoms. The number of piperidine rings is 1. The Bertz CT molecular complexity index is 1050. The summed E-state index contributed by atoms with van der Waals surface area (Å²) in [6.07, 6.45) is 2.33. The zero-order chi connectivity index (χ0) is 23.1. The maximum atomic E-state index is 13.0. The predicted molar refractivity (Wildman–Crippen MR) is 127 cm³/mol. The highest BCUT2D eigenvalue weighted by Gasteiger charge is 2.28. The lowest BCUT2D eigenvalue weighted by Gasteiger charge is -2.32. The van der Waals surface area contributed by atoms with E-state index in [1.165, 1.54) is 0 Å². The summed E-state index contributed by atoms with van der Waals surface area (Å²) in [4.78, 5) is 27.4. The average molecular weight is 458 g/mol. The summed E-state index contributed by atoms with van der Waals surface area (Å²) < 4.78 is 26.8. The summed E-state index contributed by atoms with van der Waals surface area (Å²) in [6.45, 7) is 4.62. The van der Waals surface area contributed by atoms with Gasteiger partial charge in [-0.15, -0.1) is 0 Å². The molecule has 0 saturated carbocycles. The number of hydrogen-bond donors (Lipinski definition) is 2. The molecule has 0 aliphatic carbocycles. The number of sulfonamides is 1. The van der Waals surface area contributed by atoms with E-state index in [0.29, 0.717) is 49.3 Å². The molecule has 32 heavy (non-hydrogen) atoms. The quantitative estimate of drug-likeness (QED) is 0.634. The van der Waals surface area contributed by atoms with Crippen molar-refractivity contribution in [3.05, 3.63) is 59.7 Å². The summed E-state index contributed by atoms with van der Waals surface area (Å²) in [6, 6.07) is 14.7. The molecular formula is C24H31N3O4S. The van der Waals surface area contributed by atoms with E-state index in [4.69, 9.17) is 0 Å². The van der Waals surface area contributed by atoms with Crippen LogP contribution in [0.3, 0.4) is 0 Å². The Hall–Kier alpha value is -2.87. The maximum absolute atomic E-state index is 13.0. The van der Waals surface area contributed by atoms with Crippen LogP contribution in [0.2, 0.25) is 0 Å². The van der Waals surface area contributed by atoms with Gasteiger partial charge in [0.1, 0.15) is 0 Å². The van der Waals surface area contributed by atoms with Crippen molar-refractivity contribution >= 4 is 33.2 Å². The van der Waals surface area contributed by atoms with Crippen LogP contribution in [-0.4, -0.2) is 44.0 Å². The normalized spacial score (nSPS) is 16.4. The Morgan fingerprint density at radius 1 is 1.06 bits per heavy atom. The molecule has 1 heterocycles. The van der Waals surface area contributed by atoms with Gasteiger partial charge >= 0.3 is 0 Å². The molecule has 1 aliphatic heterocycles. The first-order valence-electron chi connectivity index (χ1n) is 11.0. The first-order chi connectivity index (χ1) is 15.3. The molecule has 1 atom stereocenters. The van der Waals surface area contributed by atoms with E-state index in [1.54, 1.807) is 36.9 Å². The van der Waals surface area contributed by atoms with Crippen molar-refractivity contribution in [2.75, 3.05) is 28.9 Å². The number of nitrogens with one attached hydrogen (secondary N) is 2. The molecular weight excluding hydrogens is 426 g/mol. The Labute approximate surface area is 190 Å². The monoisotopic (exact) mass is 457 g/mol. The fourth-order valence-electron chi connectivity index (χ4n) is 3.90. The van der Waals surface area contributed by atoms with Gasteiger partial charge < -0.3 is 10.2 Å². The van der Waals surface area contributed by atoms with E-state index >= 15 is 0 Å². The number of carbonyl (C=O) groups excluding carboxylic acids is 2. The number of benzene rings is 2. The number of anilines is 2. The van der Waals surface area contributed by atoms with Crippen molar-refractivity contribution in [3.8, 4) is 0 Å². The Kier molecular flexibility index (Phi) is 7.90. The van der Waals surface area contributed by atoms with E-state index in [0.717, 1.165) is 12.0 Å². The Morgan fingerprint density at radius 3 is 2.50 bits per heavy atom. The van der Waals surface area contributed by atoms with Crippen LogP contribution in [0.15, 0.2) is 48.5 Å². The molecule has 1 saturated heterocycles. The first-order valence-corrected chi connectivity index (χ1v) is 12.7. The second-order valence-corrected chi connectivity index (χ2v) is 10.1. The molecule has 1 unspecified atom stereocenters. The third-order valence-corrected chi connectivity index (χ3v) is 7.15. The number of rotatable bonds is 8. The lowest BCUT2D eigenvalue weighted by atomic mass is 9.96. The topological polar surface area (TPSA) is 95.6 Å². The van der Waals surface area contributed by atoms with Crippen LogP contribution in [0.1, 0.15) is 37.3 Å². The van der Waals surface area contributed by atoms with Gasteiger partial charge in [0.25, 0.3) is 0 Å². The molecule has 2 amide bonds. The van der Waals surface area contributed by atoms with Gasteiger partial charge in [-0.1, -0.05) is 43.3 Å². The number of hydrogen-bond acceptors (Lipinski definition) is 4. The molecule has 3 rings (SSSR count). The smallest absolute Gasteiger partial charge is 0.232 e. The molecule has 1 fully saturated rings. The summed E-state index contributed by atoms with van der Waals surface area (Å²) >= 11 is 0. The van der Waals surface area contributed by atoms with Crippen LogP contribution in [0, 0.1) is 12.8 Å². The number of nitrogens with zero attached hydrogens (tertiary/aromatic N) is 1. The predicted octanol–water partition coefficient (Wildman–Crippen LogP) is 3.57. The third kappa shape index (κ3) is 6.32. The molecule has 7 nitrogen and oxygen atoms in total. The van der Waals surface area contributed by atoms with Crippen molar-refractivity contribution < 1.29 is 18.0 Å². The summed E-state index contributed by atoms with van der Waals surface area (Å²) in [5.41, 5.74) is 2.65. The lowest BCUT2D eigenvalue weighted by molar-refractivity contribution is -0.133. The largest absolute Gasteiger partial charge is 0.342 e. The fraction of sp³-hybridized carbons (Fsp3) is 0.417. The molecule has 2 N–H and O–H groups in total. The van der Waals surface area contributed by atoms with E-state index < -0.39 is 10.0 Å². The molecule has 0 spiro atoms. The molecule has 2 aromatic carbocycles. The average Bonchev–Trinajstić information content (AvgIpc) is 2.77. The Balaban J connectivity index is 1.64. The van der Waals surface area contributed by atoms with E-state index in [1.807, 2.05) is 30.3 Å². The standard InChI is InChI=1S/C24H31N3O4S/c1-3-15-32(30,31)26-22-13-7-12-21(18(22)2)25-24(29)20-11-8-14-27(17-20)23(28)16-19-9-5-4-6-10-19/h4-7,9-10,12-13,20,26H,3,8,11,14-17H2,1-2H3,(H,25,29). The molecule has 0 bridgehead atoms. The van der Waals surface area contributed by atoms with Gasteiger partial charge in [-0.05, 0) is 49.4 Å². The zero-order valence-corrected chi connectivity index (χ0v) is 19.5. The second-order valence-electron chi connectivity index (χ2n) is 8.23. The number of amides is 2. The van der Waals surface area contributed by atoms with Gasteiger partial charge in [-0.2, -0.15) is 0 Å². The van der Waals surface area contributed by atoms with Crippen LogP contribution in [0.25, 0.3) is 0 Å². The molecule has 172 valence electrons. The fourth-order valence-corrected chi connectivity index (χ4v) is 5.10. The van der Waals surface area contributed by atoms with Gasteiger partial charge in [-0.3, -0.25) is 14.3 Å². The van der Waals surface area contributed by atoms with Gasteiger partial charge in [-0.25, -0.2) is 8.42 Å². The van der Waals surface area contributed by atoms with Gasteiger partial charge in [0.05, 0.1) is 23.8 Å². The Morgan fingerprint density at radius 2 is 1.78 bits per heavy atom. The highest BCUT2D eigenvalue weighted by Crippen LogP contribution is 2.26. The summed E-state index contributed by atoms with van der Waals surface area (Å²) in [5, 5.41) is 2.94. The second kappa shape index (κ2) is 10.6. The van der Waals surface area contributed by atoms with E-state index in [-0.39, 0.29) is 23.5 Å². The minimum Gasteiger partial charge on any atom is -0.342 e. The van der Waals surface area contributed by atoms with Crippen molar-refractivity contribution in [1.29, 1.82) is 0 Å². The maximum Gasteiger partial charge on any atom is 0.232 e. The zero-order valence-electron chi connectivity index (χ0n) is 18.6. The highest BCUT2D eigenvalue weighted by atomic mass is 32.2. The van der Waals surface area contributed by atoms with Crippen molar-refractivity contribution in [3.63, 3.8) is 0 Å². The van der Waals surface area contributed by atoms with Crippen molar-refractivity contribution in [2.24, 2.45) is 5.92 Å². The van der Waals surface area contributed by atoms with Gasteiger partial charge in [0.2, 0.25) is 21.8 Å². The van der Waals surface area contributed by atoms with Crippen LogP contribution in [-0.2, 0) is 26.0 Å². The van der Waals surface area contributed by atoms with Crippen LogP contribution < -0.4 is 10.0 Å². The summed E-state index contributed by atoms with van der Waals surface area (Å²) in [7, 11) is -3.42. The molecule has 0 aromatic heterocycles. The van der Waals surface area contributed by atoms with Gasteiger partial charge in [0, 0.05) is 18.8 Å². The summed E-state index contributed by atoms with van der Waals surface area (Å²) in [5.74, 6) is -0.391.